The van der Waals surface area contributed by atoms with Gasteiger partial charge in [-0.3, -0.25) is 0 Å². The van der Waals surface area contributed by atoms with Gasteiger partial charge >= 0.3 is 0 Å². The van der Waals surface area contributed by atoms with E-state index >= 15 is 0 Å². The van der Waals surface area contributed by atoms with E-state index in [1.54, 1.807) is 24.3 Å². The van der Waals surface area contributed by atoms with Gasteiger partial charge in [0.1, 0.15) is 23.4 Å². The van der Waals surface area contributed by atoms with Crippen LogP contribution in [0.5, 0.6) is 0 Å². The van der Waals surface area contributed by atoms with E-state index in [4.69, 9.17) is 0 Å². The Kier molecular flexibility index (Phi) is 3.65. The minimum absolute atomic E-state index is 0.338. The Balaban J connectivity index is 1.91. The monoisotopic (exact) mass is 337 g/mol. The molecule has 25 heavy (non-hydrogen) atoms. The van der Waals surface area contributed by atoms with Crippen molar-refractivity contribution in [3.05, 3.63) is 78.4 Å². The zero-order valence-electron chi connectivity index (χ0n) is 12.7. The van der Waals surface area contributed by atoms with Gasteiger partial charge < -0.3 is 0 Å². The Labute approximate surface area is 140 Å². The van der Waals surface area contributed by atoms with E-state index in [0.29, 0.717) is 28.0 Å². The topological polar surface area (TPSA) is 38.7 Å². The summed E-state index contributed by atoms with van der Waals surface area (Å²) in [6, 6.07) is 13.0. The van der Waals surface area contributed by atoms with Crippen molar-refractivity contribution in [2.75, 3.05) is 0 Å². The standard InChI is InChI=1S/C19H10F3N3/c20-13-4-1-11(2-5-13)16-7-8-17-19(25-16)18(24-10-23-17)12-3-6-14(21)15(22)9-12/h1-10H. The summed E-state index contributed by atoms with van der Waals surface area (Å²) in [5.41, 5.74) is 3.15. The van der Waals surface area contributed by atoms with Crippen LogP contribution in [0.15, 0.2) is 60.9 Å². The minimum Gasteiger partial charge on any atom is -0.244 e. The normalized spacial score (nSPS) is 11.0. The summed E-state index contributed by atoms with van der Waals surface area (Å²) in [5, 5.41) is 0. The third kappa shape index (κ3) is 2.82. The van der Waals surface area contributed by atoms with Crippen LogP contribution in [-0.4, -0.2) is 15.0 Å². The van der Waals surface area contributed by atoms with Crippen LogP contribution in [0.2, 0.25) is 0 Å². The van der Waals surface area contributed by atoms with Gasteiger partial charge in [-0.05, 0) is 54.6 Å². The molecule has 0 atom stereocenters. The lowest BCUT2D eigenvalue weighted by Gasteiger charge is -2.07. The Morgan fingerprint density at radius 2 is 1.44 bits per heavy atom. The number of nitrogens with zero attached hydrogens (tertiary/aromatic N) is 3. The molecule has 0 radical (unpaired) electrons. The zero-order chi connectivity index (χ0) is 17.4. The van der Waals surface area contributed by atoms with E-state index in [2.05, 4.69) is 15.0 Å². The van der Waals surface area contributed by atoms with Gasteiger partial charge in [-0.2, -0.15) is 0 Å². The molecule has 0 bridgehead atoms. The van der Waals surface area contributed by atoms with Gasteiger partial charge in [0.2, 0.25) is 0 Å². The Hall–Kier alpha value is -3.28. The maximum Gasteiger partial charge on any atom is 0.159 e. The van der Waals surface area contributed by atoms with Crippen LogP contribution in [0.3, 0.4) is 0 Å². The summed E-state index contributed by atoms with van der Waals surface area (Å²) in [4.78, 5) is 12.9. The number of benzene rings is 2. The highest BCUT2D eigenvalue weighted by molar-refractivity contribution is 5.90. The van der Waals surface area contributed by atoms with Crippen LogP contribution in [0.25, 0.3) is 33.5 Å². The molecule has 4 rings (SSSR count). The largest absolute Gasteiger partial charge is 0.244 e. The first-order valence-corrected chi connectivity index (χ1v) is 7.45. The average molecular weight is 337 g/mol. The van der Waals surface area contributed by atoms with Gasteiger partial charge in [-0.25, -0.2) is 28.1 Å². The second-order valence-corrected chi connectivity index (χ2v) is 5.42. The predicted molar refractivity (Wildman–Crippen MR) is 88.1 cm³/mol. The molecule has 0 saturated heterocycles. The van der Waals surface area contributed by atoms with Crippen LogP contribution in [0.1, 0.15) is 0 Å². The summed E-state index contributed by atoms with van der Waals surface area (Å²) in [6.45, 7) is 0. The first-order chi connectivity index (χ1) is 12.1. The zero-order valence-corrected chi connectivity index (χ0v) is 12.7. The molecule has 0 aliphatic heterocycles. The third-order valence-electron chi connectivity index (χ3n) is 3.81. The number of halogens is 3. The van der Waals surface area contributed by atoms with Gasteiger partial charge in [0.15, 0.2) is 11.6 Å². The number of aromatic nitrogens is 3. The van der Waals surface area contributed by atoms with Gasteiger partial charge in [0, 0.05) is 11.1 Å². The molecule has 0 N–H and O–H groups in total. The number of hydrogen-bond donors (Lipinski definition) is 0. The van der Waals surface area contributed by atoms with Crippen LogP contribution >= 0.6 is 0 Å². The number of fused-ring (bicyclic) bond motifs is 1. The molecule has 0 spiro atoms. The SMILES string of the molecule is Fc1ccc(-c2ccc3ncnc(-c4ccc(F)c(F)c4)c3n2)cc1. The van der Waals surface area contributed by atoms with E-state index in [1.165, 1.54) is 24.5 Å². The van der Waals surface area contributed by atoms with Crippen molar-refractivity contribution in [3.8, 4) is 22.5 Å². The van der Waals surface area contributed by atoms with Gasteiger partial charge in [0.25, 0.3) is 0 Å². The molecule has 0 aliphatic rings. The van der Waals surface area contributed by atoms with Crippen molar-refractivity contribution < 1.29 is 13.2 Å². The predicted octanol–water partition coefficient (Wildman–Crippen LogP) is 4.78. The lowest BCUT2D eigenvalue weighted by molar-refractivity contribution is 0.509. The molecular weight excluding hydrogens is 327 g/mol. The quantitative estimate of drug-likeness (QED) is 0.528. The molecule has 2 heterocycles. The van der Waals surface area contributed by atoms with Crippen molar-refractivity contribution in [1.29, 1.82) is 0 Å². The number of rotatable bonds is 2. The smallest absolute Gasteiger partial charge is 0.159 e. The molecule has 0 fully saturated rings. The summed E-state index contributed by atoms with van der Waals surface area (Å²) in [6.07, 6.45) is 1.35. The van der Waals surface area contributed by atoms with Crippen LogP contribution < -0.4 is 0 Å². The van der Waals surface area contributed by atoms with Crippen molar-refractivity contribution >= 4 is 11.0 Å². The van der Waals surface area contributed by atoms with E-state index in [1.807, 2.05) is 0 Å². The highest BCUT2D eigenvalue weighted by Gasteiger charge is 2.12. The Bertz CT molecular complexity index is 1080. The second kappa shape index (κ2) is 5.98. The second-order valence-electron chi connectivity index (χ2n) is 5.42. The molecular formula is C19H10F3N3. The van der Waals surface area contributed by atoms with Gasteiger partial charge in [-0.1, -0.05) is 0 Å². The van der Waals surface area contributed by atoms with Gasteiger partial charge in [0.05, 0.1) is 11.2 Å². The van der Waals surface area contributed by atoms with E-state index in [0.717, 1.165) is 17.7 Å². The lowest BCUT2D eigenvalue weighted by Crippen LogP contribution is -1.95. The fourth-order valence-corrected chi connectivity index (χ4v) is 2.58. The molecule has 0 aliphatic carbocycles. The maximum atomic E-state index is 13.6. The number of hydrogen-bond acceptors (Lipinski definition) is 3. The molecule has 2 aromatic heterocycles. The van der Waals surface area contributed by atoms with Crippen molar-refractivity contribution in [3.63, 3.8) is 0 Å². The fourth-order valence-electron chi connectivity index (χ4n) is 2.58. The van der Waals surface area contributed by atoms with Crippen molar-refractivity contribution in [2.45, 2.75) is 0 Å². The van der Waals surface area contributed by atoms with Crippen molar-refractivity contribution in [2.24, 2.45) is 0 Å². The van der Waals surface area contributed by atoms with Crippen LogP contribution in [0, 0.1) is 17.5 Å². The average Bonchev–Trinajstić information content (AvgIpc) is 2.64. The third-order valence-corrected chi connectivity index (χ3v) is 3.81. The van der Waals surface area contributed by atoms with Crippen LogP contribution in [-0.2, 0) is 0 Å². The molecule has 3 nitrogen and oxygen atoms in total. The van der Waals surface area contributed by atoms with Crippen LogP contribution in [0.4, 0.5) is 13.2 Å². The summed E-state index contributed by atoms with van der Waals surface area (Å²) in [5.74, 6) is -2.23. The first kappa shape index (κ1) is 15.3. The lowest BCUT2D eigenvalue weighted by atomic mass is 10.1. The molecule has 0 saturated carbocycles. The van der Waals surface area contributed by atoms with E-state index in [9.17, 15) is 13.2 Å². The summed E-state index contributed by atoms with van der Waals surface area (Å²) >= 11 is 0. The minimum atomic E-state index is -0.959. The summed E-state index contributed by atoms with van der Waals surface area (Å²) in [7, 11) is 0. The van der Waals surface area contributed by atoms with E-state index in [-0.39, 0.29) is 5.82 Å². The Morgan fingerprint density at radius 3 is 2.20 bits per heavy atom. The molecule has 4 aromatic rings. The molecule has 0 amide bonds. The molecule has 2 aromatic carbocycles. The molecule has 122 valence electrons. The highest BCUT2D eigenvalue weighted by Crippen LogP contribution is 2.27. The van der Waals surface area contributed by atoms with Crippen molar-refractivity contribution in [1.82, 2.24) is 15.0 Å². The highest BCUT2D eigenvalue weighted by atomic mass is 19.2. The molecule has 0 unspecified atom stereocenters. The van der Waals surface area contributed by atoms with Gasteiger partial charge in [-0.15, -0.1) is 0 Å². The first-order valence-electron chi connectivity index (χ1n) is 7.45. The van der Waals surface area contributed by atoms with E-state index < -0.39 is 11.6 Å². The summed E-state index contributed by atoms with van der Waals surface area (Å²) < 4.78 is 39.9. The maximum absolute atomic E-state index is 13.6. The number of pyridine rings is 1. The molecule has 6 heteroatoms. The Morgan fingerprint density at radius 1 is 0.680 bits per heavy atom. The fraction of sp³-hybridized carbons (Fsp3) is 0.